The highest BCUT2D eigenvalue weighted by molar-refractivity contribution is 5.28. The maximum absolute atomic E-state index is 9.64. The number of aryl methyl sites for hydroxylation is 2. The molecule has 0 spiro atoms. The quantitative estimate of drug-likeness (QED) is 0.879. The molecule has 2 rings (SSSR count). The summed E-state index contributed by atoms with van der Waals surface area (Å²) in [6.45, 7) is 6.29. The van der Waals surface area contributed by atoms with Crippen molar-refractivity contribution >= 4 is 0 Å². The van der Waals surface area contributed by atoms with Crippen LogP contribution in [-0.2, 0) is 7.05 Å². The topological polar surface area (TPSA) is 50.1 Å². The average molecular weight is 273 g/mol. The van der Waals surface area contributed by atoms with Crippen molar-refractivity contribution in [1.82, 2.24) is 15.1 Å². The van der Waals surface area contributed by atoms with Crippen LogP contribution in [0.2, 0.25) is 0 Å². The minimum atomic E-state index is -0.0646. The van der Waals surface area contributed by atoms with Gasteiger partial charge in [-0.3, -0.25) is 4.68 Å². The number of hydrogen-bond donors (Lipinski definition) is 2. The van der Waals surface area contributed by atoms with E-state index >= 15 is 0 Å². The zero-order valence-corrected chi connectivity index (χ0v) is 12.6. The highest BCUT2D eigenvalue weighted by Gasteiger charge is 2.19. The lowest BCUT2D eigenvalue weighted by Gasteiger charge is -2.22. The molecular weight excluding hydrogens is 250 g/mol. The first-order chi connectivity index (χ1) is 9.54. The molecule has 2 atom stereocenters. The Morgan fingerprint density at radius 2 is 1.90 bits per heavy atom. The van der Waals surface area contributed by atoms with Gasteiger partial charge < -0.3 is 10.4 Å². The molecule has 0 radical (unpaired) electrons. The summed E-state index contributed by atoms with van der Waals surface area (Å²) in [6, 6.07) is 10.1. The van der Waals surface area contributed by atoms with Crippen LogP contribution in [0.1, 0.15) is 41.5 Å². The predicted molar refractivity (Wildman–Crippen MR) is 80.5 cm³/mol. The Morgan fingerprint density at radius 1 is 1.25 bits per heavy atom. The highest BCUT2D eigenvalue weighted by Crippen LogP contribution is 2.24. The van der Waals surface area contributed by atoms with Crippen LogP contribution in [0.5, 0.6) is 0 Å². The fraction of sp³-hybridized carbons (Fsp3) is 0.438. The number of aliphatic hydroxyl groups excluding tert-OH is 1. The van der Waals surface area contributed by atoms with Gasteiger partial charge in [0.2, 0.25) is 0 Å². The normalized spacial score (nSPS) is 14.2. The van der Waals surface area contributed by atoms with Crippen molar-refractivity contribution in [3.05, 3.63) is 52.8 Å². The zero-order chi connectivity index (χ0) is 14.7. The molecule has 2 N–H and O–H groups in total. The number of aliphatic hydroxyl groups is 1. The second-order valence-corrected chi connectivity index (χ2v) is 5.24. The van der Waals surface area contributed by atoms with Gasteiger partial charge in [-0.25, -0.2) is 0 Å². The standard InChI is InChI=1S/C16H23N3O/c1-11(16-12(2)18-19(4)13(16)3)17-15(10-20)14-8-6-5-7-9-14/h5-9,11,15,17,20H,10H2,1-4H3/t11?,15-/m1/s1. The minimum Gasteiger partial charge on any atom is -0.394 e. The third-order valence-corrected chi connectivity index (χ3v) is 3.83. The fourth-order valence-electron chi connectivity index (χ4n) is 2.74. The van der Waals surface area contributed by atoms with Crippen molar-refractivity contribution in [2.75, 3.05) is 6.61 Å². The number of rotatable bonds is 5. The van der Waals surface area contributed by atoms with Crippen LogP contribution in [0, 0.1) is 13.8 Å². The lowest BCUT2D eigenvalue weighted by Crippen LogP contribution is -2.28. The lowest BCUT2D eigenvalue weighted by molar-refractivity contribution is 0.235. The molecule has 4 nitrogen and oxygen atoms in total. The van der Waals surface area contributed by atoms with E-state index in [2.05, 4.69) is 24.3 Å². The molecule has 1 aromatic carbocycles. The van der Waals surface area contributed by atoms with Crippen molar-refractivity contribution in [2.24, 2.45) is 7.05 Å². The van der Waals surface area contributed by atoms with Crippen molar-refractivity contribution in [1.29, 1.82) is 0 Å². The van der Waals surface area contributed by atoms with Crippen molar-refractivity contribution in [2.45, 2.75) is 32.9 Å². The third kappa shape index (κ3) is 2.92. The van der Waals surface area contributed by atoms with Crippen LogP contribution in [0.4, 0.5) is 0 Å². The monoisotopic (exact) mass is 273 g/mol. The molecule has 0 saturated carbocycles. The Labute approximate surface area is 120 Å². The summed E-state index contributed by atoms with van der Waals surface area (Å²) in [7, 11) is 1.96. The van der Waals surface area contributed by atoms with Crippen molar-refractivity contribution in [3.63, 3.8) is 0 Å². The molecule has 0 aliphatic heterocycles. The molecule has 0 saturated heterocycles. The van der Waals surface area contributed by atoms with E-state index in [1.807, 2.05) is 49.0 Å². The Balaban J connectivity index is 2.19. The van der Waals surface area contributed by atoms with Gasteiger partial charge in [-0.1, -0.05) is 30.3 Å². The Kier molecular flexibility index (Phi) is 4.57. The molecular formula is C16H23N3O. The molecule has 0 fully saturated rings. The lowest BCUT2D eigenvalue weighted by atomic mass is 10.0. The maximum atomic E-state index is 9.64. The molecule has 0 amide bonds. The number of nitrogens with zero attached hydrogens (tertiary/aromatic N) is 2. The molecule has 2 aromatic rings. The first kappa shape index (κ1) is 14.8. The molecule has 4 heteroatoms. The van der Waals surface area contributed by atoms with Crippen LogP contribution in [0.3, 0.4) is 0 Å². The van der Waals surface area contributed by atoms with Crippen LogP contribution in [-0.4, -0.2) is 21.5 Å². The van der Waals surface area contributed by atoms with Gasteiger partial charge >= 0.3 is 0 Å². The van der Waals surface area contributed by atoms with Gasteiger partial charge in [-0.05, 0) is 26.3 Å². The van der Waals surface area contributed by atoms with Crippen LogP contribution < -0.4 is 5.32 Å². The number of benzene rings is 1. The smallest absolute Gasteiger partial charge is 0.0644 e. The van der Waals surface area contributed by atoms with Gasteiger partial charge in [-0.15, -0.1) is 0 Å². The zero-order valence-electron chi connectivity index (χ0n) is 12.6. The number of aromatic nitrogens is 2. The average Bonchev–Trinajstić information content (AvgIpc) is 2.70. The molecule has 108 valence electrons. The summed E-state index contributed by atoms with van der Waals surface area (Å²) in [6.07, 6.45) is 0. The molecule has 0 bridgehead atoms. The molecule has 0 aliphatic carbocycles. The highest BCUT2D eigenvalue weighted by atomic mass is 16.3. The largest absolute Gasteiger partial charge is 0.394 e. The SMILES string of the molecule is Cc1nn(C)c(C)c1C(C)N[C@H](CO)c1ccccc1. The van der Waals surface area contributed by atoms with E-state index in [0.717, 1.165) is 17.0 Å². The van der Waals surface area contributed by atoms with Gasteiger partial charge in [0.15, 0.2) is 0 Å². The van der Waals surface area contributed by atoms with Gasteiger partial charge in [0.25, 0.3) is 0 Å². The van der Waals surface area contributed by atoms with E-state index in [1.165, 1.54) is 5.56 Å². The maximum Gasteiger partial charge on any atom is 0.0644 e. The molecule has 1 unspecified atom stereocenters. The summed E-state index contributed by atoms with van der Waals surface area (Å²) in [4.78, 5) is 0. The summed E-state index contributed by atoms with van der Waals surface area (Å²) < 4.78 is 1.90. The summed E-state index contributed by atoms with van der Waals surface area (Å²) >= 11 is 0. The fourth-order valence-corrected chi connectivity index (χ4v) is 2.74. The summed E-state index contributed by atoms with van der Waals surface area (Å²) in [5, 5.41) is 17.6. The van der Waals surface area contributed by atoms with Gasteiger partial charge in [-0.2, -0.15) is 5.10 Å². The predicted octanol–water partition coefficient (Wildman–Crippen LogP) is 2.42. The Bertz CT molecular complexity index is 563. The van der Waals surface area contributed by atoms with Gasteiger partial charge in [0.05, 0.1) is 18.3 Å². The van der Waals surface area contributed by atoms with E-state index in [9.17, 15) is 5.11 Å². The van der Waals surface area contributed by atoms with E-state index in [4.69, 9.17) is 0 Å². The molecule has 20 heavy (non-hydrogen) atoms. The number of nitrogens with one attached hydrogen (secondary N) is 1. The first-order valence-electron chi connectivity index (χ1n) is 6.96. The van der Waals surface area contributed by atoms with E-state index in [0.29, 0.717) is 0 Å². The molecule has 0 aliphatic rings. The minimum absolute atomic E-state index is 0.0646. The van der Waals surface area contributed by atoms with Crippen LogP contribution in [0.25, 0.3) is 0 Å². The second kappa shape index (κ2) is 6.20. The van der Waals surface area contributed by atoms with Crippen molar-refractivity contribution in [3.8, 4) is 0 Å². The van der Waals surface area contributed by atoms with Gasteiger partial charge in [0.1, 0.15) is 0 Å². The second-order valence-electron chi connectivity index (χ2n) is 5.24. The van der Waals surface area contributed by atoms with Crippen LogP contribution >= 0.6 is 0 Å². The molecule has 1 heterocycles. The van der Waals surface area contributed by atoms with Crippen molar-refractivity contribution < 1.29 is 5.11 Å². The number of hydrogen-bond acceptors (Lipinski definition) is 3. The van der Waals surface area contributed by atoms with E-state index < -0.39 is 0 Å². The first-order valence-corrected chi connectivity index (χ1v) is 6.96. The van der Waals surface area contributed by atoms with Crippen LogP contribution in [0.15, 0.2) is 30.3 Å². The van der Waals surface area contributed by atoms with E-state index in [-0.39, 0.29) is 18.7 Å². The molecule has 1 aromatic heterocycles. The summed E-state index contributed by atoms with van der Waals surface area (Å²) in [5.74, 6) is 0. The van der Waals surface area contributed by atoms with E-state index in [1.54, 1.807) is 0 Å². The summed E-state index contributed by atoms with van der Waals surface area (Å²) in [5.41, 5.74) is 4.50. The third-order valence-electron chi connectivity index (χ3n) is 3.83. The Hall–Kier alpha value is -1.65. The Morgan fingerprint density at radius 3 is 2.40 bits per heavy atom. The van der Waals surface area contributed by atoms with Gasteiger partial charge in [0, 0.05) is 24.3 Å².